The Kier molecular flexibility index (Phi) is 5.31. The largest absolute Gasteiger partial charge is 0.334 e. The van der Waals surface area contributed by atoms with Crippen LogP contribution in [0.15, 0.2) is 10.1 Å². The molecule has 0 amide bonds. The molecule has 2 rings (SSSR count). The fraction of sp³-hybridized carbons (Fsp3) is 0.667. The minimum Gasteiger partial charge on any atom is -0.334 e. The van der Waals surface area contributed by atoms with E-state index in [2.05, 4.69) is 27.4 Å². The van der Waals surface area contributed by atoms with Crippen LogP contribution in [0, 0.1) is 0 Å². The third-order valence-electron chi connectivity index (χ3n) is 3.32. The van der Waals surface area contributed by atoms with Gasteiger partial charge in [-0.3, -0.25) is 4.90 Å². The molecular formula is C12H21ClN4O. The SMILES string of the molecule is CC(C)=C(C)c1nc(C2CNCCN2C)no1.Cl. The van der Waals surface area contributed by atoms with E-state index in [0.717, 1.165) is 31.0 Å². The van der Waals surface area contributed by atoms with Crippen LogP contribution in [0.5, 0.6) is 0 Å². The summed E-state index contributed by atoms with van der Waals surface area (Å²) in [5, 5.41) is 7.44. The molecule has 0 radical (unpaired) electrons. The Morgan fingerprint density at radius 1 is 1.39 bits per heavy atom. The van der Waals surface area contributed by atoms with E-state index in [1.54, 1.807) is 0 Å². The maximum Gasteiger partial charge on any atom is 0.253 e. The number of likely N-dealkylation sites (N-methyl/N-ethyl adjacent to an activating group) is 1. The van der Waals surface area contributed by atoms with Crippen LogP contribution < -0.4 is 5.32 Å². The number of aromatic nitrogens is 2. The van der Waals surface area contributed by atoms with Crippen molar-refractivity contribution < 1.29 is 4.52 Å². The molecule has 1 fully saturated rings. The molecule has 2 heterocycles. The van der Waals surface area contributed by atoms with E-state index in [1.165, 1.54) is 5.57 Å². The van der Waals surface area contributed by atoms with E-state index >= 15 is 0 Å². The minimum absolute atomic E-state index is 0. The third-order valence-corrected chi connectivity index (χ3v) is 3.32. The number of piperazine rings is 1. The quantitative estimate of drug-likeness (QED) is 0.891. The van der Waals surface area contributed by atoms with Gasteiger partial charge >= 0.3 is 0 Å². The standard InChI is InChI=1S/C12H20N4O.ClH/c1-8(2)9(3)12-14-11(15-17-12)10-7-13-5-6-16(10)4;/h10,13H,5-7H2,1-4H3;1H. The molecule has 0 aromatic carbocycles. The van der Waals surface area contributed by atoms with E-state index < -0.39 is 0 Å². The molecule has 0 saturated carbocycles. The highest BCUT2D eigenvalue weighted by atomic mass is 35.5. The van der Waals surface area contributed by atoms with Gasteiger partial charge in [-0.25, -0.2) is 0 Å². The smallest absolute Gasteiger partial charge is 0.253 e. The van der Waals surface area contributed by atoms with E-state index in [-0.39, 0.29) is 18.4 Å². The number of hydrogen-bond acceptors (Lipinski definition) is 5. The summed E-state index contributed by atoms with van der Waals surface area (Å²) in [6.07, 6.45) is 0. The molecule has 1 atom stereocenters. The molecule has 1 N–H and O–H groups in total. The summed E-state index contributed by atoms with van der Waals surface area (Å²) in [4.78, 5) is 6.74. The highest BCUT2D eigenvalue weighted by Gasteiger charge is 2.25. The zero-order chi connectivity index (χ0) is 12.4. The zero-order valence-corrected chi connectivity index (χ0v) is 12.2. The molecule has 6 heteroatoms. The number of halogens is 1. The fourth-order valence-electron chi connectivity index (χ4n) is 1.83. The van der Waals surface area contributed by atoms with Crippen LogP contribution >= 0.6 is 12.4 Å². The van der Waals surface area contributed by atoms with Gasteiger partial charge in [-0.05, 0) is 27.8 Å². The molecule has 18 heavy (non-hydrogen) atoms. The van der Waals surface area contributed by atoms with Crippen LogP contribution in [0.4, 0.5) is 0 Å². The van der Waals surface area contributed by atoms with Gasteiger partial charge in [0.1, 0.15) is 0 Å². The minimum atomic E-state index is 0. The average molecular weight is 273 g/mol. The van der Waals surface area contributed by atoms with E-state index in [9.17, 15) is 0 Å². The van der Waals surface area contributed by atoms with Gasteiger partial charge in [0, 0.05) is 25.2 Å². The fourth-order valence-corrected chi connectivity index (χ4v) is 1.83. The van der Waals surface area contributed by atoms with Crippen LogP contribution in [-0.2, 0) is 0 Å². The Labute approximate surface area is 114 Å². The van der Waals surface area contributed by atoms with E-state index in [1.807, 2.05) is 20.8 Å². The topological polar surface area (TPSA) is 54.2 Å². The summed E-state index contributed by atoms with van der Waals surface area (Å²) < 4.78 is 5.32. The highest BCUT2D eigenvalue weighted by Crippen LogP contribution is 2.21. The van der Waals surface area contributed by atoms with Crippen molar-refractivity contribution in [3.63, 3.8) is 0 Å². The molecule has 1 unspecified atom stereocenters. The number of allylic oxidation sites excluding steroid dienone is 2. The van der Waals surface area contributed by atoms with Crippen molar-refractivity contribution >= 4 is 18.0 Å². The van der Waals surface area contributed by atoms with Crippen molar-refractivity contribution in [1.82, 2.24) is 20.4 Å². The first-order chi connectivity index (χ1) is 8.09. The van der Waals surface area contributed by atoms with Crippen molar-refractivity contribution in [2.45, 2.75) is 26.8 Å². The van der Waals surface area contributed by atoms with Gasteiger partial charge in [-0.1, -0.05) is 10.7 Å². The number of rotatable bonds is 2. The van der Waals surface area contributed by atoms with Gasteiger partial charge in [-0.2, -0.15) is 4.98 Å². The van der Waals surface area contributed by atoms with E-state index in [0.29, 0.717) is 5.89 Å². The van der Waals surface area contributed by atoms with Crippen molar-refractivity contribution in [2.24, 2.45) is 0 Å². The Morgan fingerprint density at radius 2 is 2.11 bits per heavy atom. The predicted molar refractivity (Wildman–Crippen MR) is 73.7 cm³/mol. The van der Waals surface area contributed by atoms with E-state index in [4.69, 9.17) is 4.52 Å². The van der Waals surface area contributed by atoms with Crippen LogP contribution in [0.3, 0.4) is 0 Å². The monoisotopic (exact) mass is 272 g/mol. The Balaban J connectivity index is 0.00000162. The first-order valence-electron chi connectivity index (χ1n) is 5.98. The number of nitrogens with zero attached hydrogens (tertiary/aromatic N) is 3. The summed E-state index contributed by atoms with van der Waals surface area (Å²) in [6.45, 7) is 9.01. The van der Waals surface area contributed by atoms with Crippen molar-refractivity contribution in [2.75, 3.05) is 26.7 Å². The molecule has 0 bridgehead atoms. The predicted octanol–water partition coefficient (Wildman–Crippen LogP) is 1.88. The lowest BCUT2D eigenvalue weighted by Gasteiger charge is -2.30. The maximum absolute atomic E-state index is 5.32. The lowest BCUT2D eigenvalue weighted by atomic mass is 10.1. The summed E-state index contributed by atoms with van der Waals surface area (Å²) in [7, 11) is 2.09. The number of nitrogens with one attached hydrogen (secondary N) is 1. The zero-order valence-electron chi connectivity index (χ0n) is 11.4. The highest BCUT2D eigenvalue weighted by molar-refractivity contribution is 5.85. The van der Waals surface area contributed by atoms with Crippen molar-refractivity contribution in [3.05, 3.63) is 17.3 Å². The molecule has 0 aliphatic carbocycles. The van der Waals surface area contributed by atoms with Gasteiger partial charge in [0.2, 0.25) is 0 Å². The average Bonchev–Trinajstić information content (AvgIpc) is 2.77. The second-order valence-electron chi connectivity index (χ2n) is 4.78. The third kappa shape index (κ3) is 3.10. The van der Waals surface area contributed by atoms with Crippen molar-refractivity contribution in [3.8, 4) is 0 Å². The van der Waals surface area contributed by atoms with Gasteiger partial charge in [0.15, 0.2) is 5.82 Å². The van der Waals surface area contributed by atoms with Crippen LogP contribution in [0.2, 0.25) is 0 Å². The molecule has 1 aromatic heterocycles. The second kappa shape index (κ2) is 6.31. The van der Waals surface area contributed by atoms with Crippen LogP contribution in [-0.4, -0.2) is 41.7 Å². The lowest BCUT2D eigenvalue weighted by molar-refractivity contribution is 0.190. The molecule has 1 saturated heterocycles. The van der Waals surface area contributed by atoms with Gasteiger partial charge < -0.3 is 9.84 Å². The maximum atomic E-state index is 5.32. The Morgan fingerprint density at radius 3 is 2.72 bits per heavy atom. The summed E-state index contributed by atoms with van der Waals surface area (Å²) in [6, 6.07) is 0.214. The summed E-state index contributed by atoms with van der Waals surface area (Å²) in [5.41, 5.74) is 2.27. The lowest BCUT2D eigenvalue weighted by Crippen LogP contribution is -2.44. The Hall–Kier alpha value is -0.910. The molecule has 102 valence electrons. The molecule has 1 aliphatic heterocycles. The normalized spacial score (nSPS) is 20.3. The summed E-state index contributed by atoms with van der Waals surface area (Å²) in [5.74, 6) is 1.41. The van der Waals surface area contributed by atoms with Crippen LogP contribution in [0.25, 0.3) is 5.57 Å². The van der Waals surface area contributed by atoms with Gasteiger partial charge in [0.05, 0.1) is 6.04 Å². The van der Waals surface area contributed by atoms with Crippen LogP contribution in [0.1, 0.15) is 38.5 Å². The molecule has 1 aromatic rings. The molecular weight excluding hydrogens is 252 g/mol. The first-order valence-corrected chi connectivity index (χ1v) is 5.98. The van der Waals surface area contributed by atoms with Crippen molar-refractivity contribution in [1.29, 1.82) is 0 Å². The summed E-state index contributed by atoms with van der Waals surface area (Å²) >= 11 is 0. The second-order valence-corrected chi connectivity index (χ2v) is 4.78. The molecule has 5 nitrogen and oxygen atoms in total. The first kappa shape index (κ1) is 15.1. The number of hydrogen-bond donors (Lipinski definition) is 1. The molecule has 0 spiro atoms. The van der Waals surface area contributed by atoms with Gasteiger partial charge in [-0.15, -0.1) is 12.4 Å². The molecule has 1 aliphatic rings. The Bertz CT molecular complexity index is 425. The van der Waals surface area contributed by atoms with Gasteiger partial charge in [0.25, 0.3) is 5.89 Å².